The number of carbonyl (C=O) groups is 3. The average molecular weight is 843 g/mol. The predicted octanol–water partition coefficient (Wildman–Crippen LogP) is 9.77. The van der Waals surface area contributed by atoms with E-state index in [0.717, 1.165) is 5.69 Å². The molecule has 12 nitrogen and oxygen atoms in total. The fourth-order valence-electron chi connectivity index (χ4n) is 7.50. The van der Waals surface area contributed by atoms with E-state index in [2.05, 4.69) is 15.6 Å². The molecule has 4 aromatic rings. The summed E-state index contributed by atoms with van der Waals surface area (Å²) in [4.78, 5) is 56.5. The normalized spacial score (nSPS) is 11.8. The number of nitrogens with one attached hydrogen (secondary N) is 2. The summed E-state index contributed by atoms with van der Waals surface area (Å²) in [5.41, 5.74) is 3.12. The minimum atomic E-state index is -1.37. The van der Waals surface area contributed by atoms with Gasteiger partial charge in [-0.3, -0.25) is 14.6 Å². The molecule has 0 aromatic heterocycles. The van der Waals surface area contributed by atoms with Crippen LogP contribution in [0.4, 0.5) is 5.69 Å². The Kier molecular flexibility index (Phi) is 10.5. The molecule has 0 atom stereocenters. The third kappa shape index (κ3) is 7.16. The first-order valence-electron chi connectivity index (χ1n) is 18.7. The van der Waals surface area contributed by atoms with Gasteiger partial charge in [0.2, 0.25) is 0 Å². The molecule has 1 amide bonds. The summed E-state index contributed by atoms with van der Waals surface area (Å²) in [5, 5.41) is 38.4. The molecule has 2 heterocycles. The molecular formula is C46H33Cl2N3O9. The van der Waals surface area contributed by atoms with E-state index in [-0.39, 0.29) is 61.4 Å². The van der Waals surface area contributed by atoms with E-state index in [1.165, 1.54) is 36.4 Å². The van der Waals surface area contributed by atoms with Gasteiger partial charge in [-0.05, 0) is 85.6 Å². The van der Waals surface area contributed by atoms with Crippen LogP contribution in [-0.4, -0.2) is 46.3 Å². The summed E-state index contributed by atoms with van der Waals surface area (Å²) in [7, 11) is 0. The van der Waals surface area contributed by atoms with Crippen molar-refractivity contribution in [2.75, 3.05) is 18.4 Å². The Bertz CT molecular complexity index is 3150. The monoisotopic (exact) mass is 841 g/mol. The zero-order valence-electron chi connectivity index (χ0n) is 31.9. The molecule has 4 aliphatic rings. The maximum atomic E-state index is 14.1. The number of fused-ring (bicyclic) bond motifs is 4. The number of benzene rings is 6. The number of phenols is 1. The molecule has 0 fully saturated rings. The van der Waals surface area contributed by atoms with Crippen molar-refractivity contribution < 1.29 is 38.5 Å². The Morgan fingerprint density at radius 1 is 0.700 bits per heavy atom. The summed E-state index contributed by atoms with van der Waals surface area (Å²) in [6.07, 6.45) is 0. The minimum Gasteiger partial charge on any atom is -0.508 e. The van der Waals surface area contributed by atoms with E-state index in [0.29, 0.717) is 73.9 Å². The Morgan fingerprint density at radius 2 is 1.38 bits per heavy atom. The Labute approximate surface area is 350 Å². The van der Waals surface area contributed by atoms with Gasteiger partial charge in [-0.1, -0.05) is 35.3 Å². The summed E-state index contributed by atoms with van der Waals surface area (Å²) < 4.78 is 12.3. The number of hydrogen-bond acceptors (Lipinski definition) is 9. The van der Waals surface area contributed by atoms with Gasteiger partial charge >= 0.3 is 11.9 Å². The third-order valence-corrected chi connectivity index (χ3v) is 10.8. The number of anilines is 1. The number of aromatic hydroxyl groups is 1. The molecule has 0 spiro atoms. The molecule has 0 bridgehead atoms. The molecule has 4 aromatic carbocycles. The lowest BCUT2D eigenvalue weighted by Gasteiger charge is -2.21. The van der Waals surface area contributed by atoms with Crippen LogP contribution < -0.4 is 21.4 Å². The highest BCUT2D eigenvalue weighted by molar-refractivity contribution is 6.41. The van der Waals surface area contributed by atoms with Crippen LogP contribution in [0.1, 0.15) is 50.5 Å². The van der Waals surface area contributed by atoms with Gasteiger partial charge in [-0.25, -0.2) is 9.59 Å². The molecular weight excluding hydrogens is 809 g/mol. The molecule has 2 aliphatic heterocycles. The fourth-order valence-corrected chi connectivity index (χ4v) is 8.12. The molecule has 0 unspecified atom stereocenters. The van der Waals surface area contributed by atoms with E-state index >= 15 is 0 Å². The Balaban J connectivity index is 1.22. The number of halogens is 2. The first kappa shape index (κ1) is 39.7. The van der Waals surface area contributed by atoms with Gasteiger partial charge in [0, 0.05) is 88.2 Å². The quantitative estimate of drug-likeness (QED) is 0.0828. The minimum absolute atomic E-state index is 0.00739. The second kappa shape index (κ2) is 15.9. The fraction of sp³-hybridized carbons (Fsp3) is 0.109. The topological polar surface area (TPSA) is 192 Å². The number of nitrogens with zero attached hydrogens (tertiary/aromatic N) is 1. The van der Waals surface area contributed by atoms with Crippen LogP contribution in [0.15, 0.2) is 116 Å². The van der Waals surface area contributed by atoms with Gasteiger partial charge in [0.05, 0.1) is 32.1 Å². The predicted molar refractivity (Wildman–Crippen MR) is 230 cm³/mol. The van der Waals surface area contributed by atoms with Gasteiger partial charge in [-0.15, -0.1) is 0 Å². The smallest absolute Gasteiger partial charge is 0.337 e. The van der Waals surface area contributed by atoms with Crippen LogP contribution in [0.3, 0.4) is 0 Å². The van der Waals surface area contributed by atoms with Crippen molar-refractivity contribution in [2.45, 2.75) is 20.4 Å². The van der Waals surface area contributed by atoms with Crippen LogP contribution >= 0.6 is 23.2 Å². The first-order valence-corrected chi connectivity index (χ1v) is 19.5. The van der Waals surface area contributed by atoms with E-state index in [1.807, 2.05) is 19.9 Å². The molecule has 0 radical (unpaired) electrons. The molecule has 5 N–H and O–H groups in total. The van der Waals surface area contributed by atoms with Crippen molar-refractivity contribution in [3.05, 3.63) is 145 Å². The largest absolute Gasteiger partial charge is 0.508 e. The molecule has 60 heavy (non-hydrogen) atoms. The number of carboxylic acids is 2. The van der Waals surface area contributed by atoms with Gasteiger partial charge in [0.1, 0.15) is 28.4 Å². The van der Waals surface area contributed by atoms with Crippen LogP contribution in [0, 0.1) is 0 Å². The highest BCUT2D eigenvalue weighted by Gasteiger charge is 2.30. The Morgan fingerprint density at radius 3 is 2.12 bits per heavy atom. The van der Waals surface area contributed by atoms with E-state index in [9.17, 15) is 34.5 Å². The number of hydrogen-bond donors (Lipinski definition) is 5. The summed E-state index contributed by atoms with van der Waals surface area (Å²) >= 11 is 13.8. The van der Waals surface area contributed by atoms with Crippen LogP contribution in [0.25, 0.3) is 66.8 Å². The number of amides is 1. The number of phenolic OH excluding ortho intramolecular Hbond substituents is 1. The van der Waals surface area contributed by atoms with E-state index in [4.69, 9.17) is 32.0 Å². The zero-order chi connectivity index (χ0) is 42.4. The average Bonchev–Trinajstić information content (AvgIpc) is 3.21. The van der Waals surface area contributed by atoms with Gasteiger partial charge in [0.15, 0.2) is 5.43 Å². The van der Waals surface area contributed by atoms with Crippen molar-refractivity contribution in [1.82, 2.24) is 5.32 Å². The van der Waals surface area contributed by atoms with Crippen molar-refractivity contribution in [1.29, 1.82) is 0 Å². The zero-order valence-corrected chi connectivity index (χ0v) is 33.4. The molecule has 300 valence electrons. The van der Waals surface area contributed by atoms with Crippen LogP contribution in [-0.2, 0) is 6.54 Å². The molecule has 8 rings (SSSR count). The van der Waals surface area contributed by atoms with Crippen molar-refractivity contribution in [3.8, 4) is 50.7 Å². The molecule has 2 aliphatic carbocycles. The number of rotatable bonds is 10. The van der Waals surface area contributed by atoms with Gasteiger partial charge in [-0.2, -0.15) is 0 Å². The van der Waals surface area contributed by atoms with E-state index < -0.39 is 17.8 Å². The first-order chi connectivity index (χ1) is 28.9. The molecule has 14 heteroatoms. The van der Waals surface area contributed by atoms with E-state index in [1.54, 1.807) is 54.6 Å². The summed E-state index contributed by atoms with van der Waals surface area (Å²) in [6.45, 7) is 4.86. The van der Waals surface area contributed by atoms with Gasteiger partial charge in [0.25, 0.3) is 5.91 Å². The lowest BCUT2D eigenvalue weighted by Crippen LogP contribution is -2.24. The third-order valence-electron chi connectivity index (χ3n) is 10.1. The molecule has 0 saturated carbocycles. The second-order valence-corrected chi connectivity index (χ2v) is 14.6. The summed E-state index contributed by atoms with van der Waals surface area (Å²) in [5.74, 6) is -2.81. The maximum Gasteiger partial charge on any atom is 0.337 e. The van der Waals surface area contributed by atoms with Crippen molar-refractivity contribution in [3.63, 3.8) is 0 Å². The SMILES string of the molecule is CC/N=c1\ccc2c(-c3c(Cl)c(C(=O)NCc4ccc(-c5c6ccc(=O)cc-6oc6cc(O)ccc56)c(C(=O)O)c4)cc(Cl)c3C(=O)O)c3ccc(NCC)cc3oc-2c1. The number of carboxylic acid groups (broad SMARTS) is 2. The van der Waals surface area contributed by atoms with Crippen LogP contribution in [0.5, 0.6) is 5.75 Å². The maximum absolute atomic E-state index is 14.1. The lowest BCUT2D eigenvalue weighted by atomic mass is 9.89. The summed E-state index contributed by atoms with van der Waals surface area (Å²) in [6, 6.07) is 25.1. The Hall–Kier alpha value is -7.15. The van der Waals surface area contributed by atoms with Crippen LogP contribution in [0.2, 0.25) is 10.0 Å². The highest BCUT2D eigenvalue weighted by atomic mass is 35.5. The van der Waals surface area contributed by atoms with Crippen molar-refractivity contribution >= 4 is 68.7 Å². The second-order valence-electron chi connectivity index (χ2n) is 13.8. The number of carbonyl (C=O) groups excluding carboxylic acids is 1. The molecule has 0 saturated heterocycles. The highest BCUT2D eigenvalue weighted by Crippen LogP contribution is 2.47. The standard InChI is InChI=1S/C46H33Cl2N3O9/c1-3-49-23-6-11-30-35(16-23)59-36-17-24(50-4-2)7-12-31(36)40(30)42-41(46(57)58)34(47)20-33(43(42)48)44(54)51-21-22-5-10-27(32(15-22)45(55)56)39-28-13-8-25(52)18-37(28)60-38-19-26(53)9-14-29(38)39/h5-20,49,52H,3-4,21H2,1-2H3,(H,51,54)(H,55,56)(H,57,58)/b50-24+. The van der Waals surface area contributed by atoms with Gasteiger partial charge < -0.3 is 34.8 Å². The lowest BCUT2D eigenvalue weighted by molar-refractivity contribution is 0.0687. The number of aromatic carboxylic acids is 2. The van der Waals surface area contributed by atoms with Crippen molar-refractivity contribution in [2.24, 2.45) is 4.99 Å².